The summed E-state index contributed by atoms with van der Waals surface area (Å²) >= 11 is 0. The lowest BCUT2D eigenvalue weighted by Crippen LogP contribution is -2.43. The van der Waals surface area contributed by atoms with E-state index in [0.717, 1.165) is 6.92 Å². The van der Waals surface area contributed by atoms with Crippen LogP contribution >= 0.6 is 0 Å². The average molecular weight is 277 g/mol. The fourth-order valence-electron chi connectivity index (χ4n) is 2.51. The van der Waals surface area contributed by atoms with Gasteiger partial charge >= 0.3 is 5.97 Å². The first kappa shape index (κ1) is 15.9. The Kier molecular flexibility index (Phi) is 5.26. The van der Waals surface area contributed by atoms with Gasteiger partial charge in [-0.1, -0.05) is 6.92 Å². The van der Waals surface area contributed by atoms with Gasteiger partial charge < -0.3 is 9.64 Å². The van der Waals surface area contributed by atoms with Gasteiger partial charge in [0.2, 0.25) is 11.8 Å². The molecule has 0 aromatic carbocycles. The molecule has 0 saturated carbocycles. The van der Waals surface area contributed by atoms with Gasteiger partial charge in [0.25, 0.3) is 0 Å². The first-order valence-corrected chi connectivity index (χ1v) is 6.62. The molecule has 2 unspecified atom stereocenters. The van der Waals surface area contributed by atoms with E-state index in [1.165, 1.54) is 4.90 Å². The lowest BCUT2D eigenvalue weighted by atomic mass is 10.0. The monoisotopic (exact) mass is 277 g/mol. The summed E-state index contributed by atoms with van der Waals surface area (Å²) in [5.74, 6) is -3.88. The highest BCUT2D eigenvalue weighted by Gasteiger charge is 2.40. The van der Waals surface area contributed by atoms with E-state index in [1.54, 1.807) is 13.8 Å². The van der Waals surface area contributed by atoms with Gasteiger partial charge in [0.15, 0.2) is 0 Å². The first-order chi connectivity index (χ1) is 8.78. The molecule has 0 N–H and O–H groups in total. The van der Waals surface area contributed by atoms with Gasteiger partial charge in [-0.05, 0) is 26.2 Å². The molecule has 4 nitrogen and oxygen atoms in total. The molecular weight excluding hydrogens is 256 g/mol. The van der Waals surface area contributed by atoms with Crippen molar-refractivity contribution in [1.82, 2.24) is 4.90 Å². The van der Waals surface area contributed by atoms with Crippen molar-refractivity contribution in [1.29, 1.82) is 0 Å². The Bertz CT molecular complexity index is 341. The van der Waals surface area contributed by atoms with Crippen molar-refractivity contribution >= 4 is 11.9 Å². The molecule has 0 aromatic rings. The largest absolute Gasteiger partial charge is 0.464 e. The smallest absolute Gasteiger partial charge is 0.328 e. The molecule has 2 atom stereocenters. The van der Waals surface area contributed by atoms with Crippen LogP contribution in [0.4, 0.5) is 8.78 Å². The number of nitrogens with zero attached hydrogens (tertiary/aromatic N) is 1. The Morgan fingerprint density at radius 1 is 1.53 bits per heavy atom. The summed E-state index contributed by atoms with van der Waals surface area (Å²) in [5, 5.41) is 0. The number of amides is 1. The number of carbonyl (C=O) groups is 2. The van der Waals surface area contributed by atoms with E-state index < -0.39 is 23.9 Å². The molecule has 1 fully saturated rings. The molecule has 1 heterocycles. The van der Waals surface area contributed by atoms with Crippen LogP contribution in [0.3, 0.4) is 0 Å². The maximum Gasteiger partial charge on any atom is 0.328 e. The fraction of sp³-hybridized carbons (Fsp3) is 0.846. The van der Waals surface area contributed by atoms with Crippen LogP contribution < -0.4 is 0 Å². The van der Waals surface area contributed by atoms with Crippen molar-refractivity contribution in [2.24, 2.45) is 5.92 Å². The highest BCUT2D eigenvalue weighted by atomic mass is 19.3. The summed E-state index contributed by atoms with van der Waals surface area (Å²) in [7, 11) is 0. The quantitative estimate of drug-likeness (QED) is 0.699. The Balaban J connectivity index is 2.68. The van der Waals surface area contributed by atoms with Crippen molar-refractivity contribution in [2.45, 2.75) is 52.0 Å². The number of hydrogen-bond donors (Lipinski definition) is 0. The Hall–Kier alpha value is -1.20. The summed E-state index contributed by atoms with van der Waals surface area (Å²) < 4.78 is 30.8. The van der Waals surface area contributed by atoms with Crippen molar-refractivity contribution in [3.63, 3.8) is 0 Å². The fourth-order valence-corrected chi connectivity index (χ4v) is 2.51. The second kappa shape index (κ2) is 6.30. The summed E-state index contributed by atoms with van der Waals surface area (Å²) in [4.78, 5) is 25.0. The van der Waals surface area contributed by atoms with Gasteiger partial charge in [0.1, 0.15) is 6.04 Å². The molecule has 0 bridgehead atoms. The lowest BCUT2D eigenvalue weighted by Gasteiger charge is -2.25. The zero-order valence-electron chi connectivity index (χ0n) is 11.6. The van der Waals surface area contributed by atoms with Gasteiger partial charge in [0.05, 0.1) is 6.61 Å². The van der Waals surface area contributed by atoms with Crippen molar-refractivity contribution < 1.29 is 23.1 Å². The maximum absolute atomic E-state index is 13.0. The first-order valence-electron chi connectivity index (χ1n) is 6.62. The molecule has 0 aromatic heterocycles. The number of esters is 1. The minimum atomic E-state index is -2.79. The van der Waals surface area contributed by atoms with E-state index in [4.69, 9.17) is 4.74 Å². The minimum absolute atomic E-state index is 0.0827. The molecule has 0 aliphatic carbocycles. The van der Waals surface area contributed by atoms with Gasteiger partial charge in [-0.25, -0.2) is 13.6 Å². The molecule has 1 aliphatic rings. The van der Waals surface area contributed by atoms with Crippen molar-refractivity contribution in [3.8, 4) is 0 Å². The number of hydrogen-bond acceptors (Lipinski definition) is 3. The van der Waals surface area contributed by atoms with Crippen LogP contribution in [0, 0.1) is 5.92 Å². The lowest BCUT2D eigenvalue weighted by molar-refractivity contribution is -0.153. The zero-order chi connectivity index (χ0) is 14.6. The Morgan fingerprint density at radius 3 is 2.63 bits per heavy atom. The van der Waals surface area contributed by atoms with Crippen LogP contribution in [-0.4, -0.2) is 41.9 Å². The molecule has 1 aliphatic heterocycles. The predicted octanol–water partition coefficient (Wildman–Crippen LogP) is 2.22. The molecule has 1 rings (SSSR count). The molecule has 1 saturated heterocycles. The summed E-state index contributed by atoms with van der Waals surface area (Å²) in [5.41, 5.74) is 0. The molecule has 1 amide bonds. The molecule has 110 valence electrons. The third-order valence-electron chi connectivity index (χ3n) is 3.21. The number of rotatable bonds is 6. The summed E-state index contributed by atoms with van der Waals surface area (Å²) in [6, 6.07) is -0.650. The third kappa shape index (κ3) is 4.44. The van der Waals surface area contributed by atoms with Crippen LogP contribution in [0.1, 0.15) is 40.0 Å². The summed E-state index contributed by atoms with van der Waals surface area (Å²) in [6.07, 6.45) is 0.188. The molecule has 6 heteroatoms. The van der Waals surface area contributed by atoms with Gasteiger partial charge in [-0.15, -0.1) is 0 Å². The van der Waals surface area contributed by atoms with Crippen LogP contribution in [0.15, 0.2) is 0 Å². The predicted molar refractivity (Wildman–Crippen MR) is 65.8 cm³/mol. The molecule has 0 radical (unpaired) electrons. The number of halogens is 2. The highest BCUT2D eigenvalue weighted by Crippen LogP contribution is 2.31. The van der Waals surface area contributed by atoms with Crippen LogP contribution in [0.25, 0.3) is 0 Å². The Morgan fingerprint density at radius 2 is 2.16 bits per heavy atom. The van der Waals surface area contributed by atoms with E-state index in [2.05, 4.69) is 0 Å². The van der Waals surface area contributed by atoms with E-state index in [-0.39, 0.29) is 31.9 Å². The minimum Gasteiger partial charge on any atom is -0.464 e. The molecule has 19 heavy (non-hydrogen) atoms. The molecular formula is C13H21F2NO3. The number of ether oxygens (including phenoxy) is 1. The van der Waals surface area contributed by atoms with Crippen LogP contribution in [-0.2, 0) is 14.3 Å². The third-order valence-corrected chi connectivity index (χ3v) is 3.21. The van der Waals surface area contributed by atoms with Gasteiger partial charge in [-0.2, -0.15) is 0 Å². The number of likely N-dealkylation sites (tertiary alicyclic amines) is 1. The van der Waals surface area contributed by atoms with E-state index in [1.807, 2.05) is 0 Å². The zero-order valence-corrected chi connectivity index (χ0v) is 11.6. The van der Waals surface area contributed by atoms with Gasteiger partial charge in [-0.3, -0.25) is 4.79 Å². The normalized spacial score (nSPS) is 21.6. The number of alkyl halides is 2. The highest BCUT2D eigenvalue weighted by molar-refractivity contribution is 5.86. The SMILES string of the molecule is CCOC(=O)C(CC)N1CC(CC(C)(F)F)CC1=O. The Labute approximate surface area is 112 Å². The topological polar surface area (TPSA) is 46.6 Å². The van der Waals surface area contributed by atoms with E-state index in [0.29, 0.717) is 6.42 Å². The second-order valence-corrected chi connectivity index (χ2v) is 5.07. The van der Waals surface area contributed by atoms with E-state index >= 15 is 0 Å². The van der Waals surface area contributed by atoms with Crippen molar-refractivity contribution in [2.75, 3.05) is 13.2 Å². The number of carbonyl (C=O) groups excluding carboxylic acids is 2. The average Bonchev–Trinajstić information content (AvgIpc) is 2.58. The maximum atomic E-state index is 13.0. The molecule has 0 spiro atoms. The second-order valence-electron chi connectivity index (χ2n) is 5.07. The van der Waals surface area contributed by atoms with Gasteiger partial charge in [0, 0.05) is 19.4 Å². The van der Waals surface area contributed by atoms with Crippen molar-refractivity contribution in [3.05, 3.63) is 0 Å². The summed E-state index contributed by atoms with van der Waals surface area (Å²) in [6.45, 7) is 4.77. The standard InChI is InChI=1S/C13H21F2NO3/c1-4-10(12(18)19-5-2)16-8-9(6-11(16)17)7-13(3,14)15/h9-10H,4-8H2,1-3H3. The van der Waals surface area contributed by atoms with Crippen LogP contribution in [0.5, 0.6) is 0 Å². The van der Waals surface area contributed by atoms with Crippen LogP contribution in [0.2, 0.25) is 0 Å². The van der Waals surface area contributed by atoms with E-state index in [9.17, 15) is 18.4 Å².